The van der Waals surface area contributed by atoms with Gasteiger partial charge in [-0.2, -0.15) is 0 Å². The lowest BCUT2D eigenvalue weighted by atomic mass is 10.1. The summed E-state index contributed by atoms with van der Waals surface area (Å²) in [6.45, 7) is 6.17. The molecule has 1 N–H and O–H groups in total. The Balaban J connectivity index is 2.61. The quantitative estimate of drug-likeness (QED) is 0.879. The molecule has 6 heteroatoms. The van der Waals surface area contributed by atoms with E-state index < -0.39 is 5.97 Å². The third-order valence-corrected chi connectivity index (χ3v) is 3.83. The van der Waals surface area contributed by atoms with Gasteiger partial charge in [0.1, 0.15) is 5.52 Å². The van der Waals surface area contributed by atoms with Crippen molar-refractivity contribution in [3.63, 3.8) is 0 Å². The minimum atomic E-state index is -0.858. The molecule has 0 saturated heterocycles. The van der Waals surface area contributed by atoms with Gasteiger partial charge in [-0.1, -0.05) is 29.4 Å². The van der Waals surface area contributed by atoms with Crippen LogP contribution in [0.3, 0.4) is 0 Å². The highest BCUT2D eigenvalue weighted by Crippen LogP contribution is 2.33. The lowest BCUT2D eigenvalue weighted by Gasteiger charge is -2.24. The van der Waals surface area contributed by atoms with E-state index in [1.54, 1.807) is 6.07 Å². The fourth-order valence-electron chi connectivity index (χ4n) is 1.92. The van der Waals surface area contributed by atoms with Crippen LogP contribution in [0.15, 0.2) is 23.4 Å². The first-order valence-corrected chi connectivity index (χ1v) is 7.19. The third-order valence-electron chi connectivity index (χ3n) is 2.60. The fraction of sp³-hybridized carbons (Fsp3) is 0.385. The van der Waals surface area contributed by atoms with Crippen LogP contribution in [0.4, 0.5) is 0 Å². The molecule has 1 aromatic carbocycles. The summed E-state index contributed by atoms with van der Waals surface area (Å²) in [5.74, 6) is -0.875. The molecular weight excluding hydrogens is 284 g/mol. The number of hydrogen-bond acceptors (Lipinski definition) is 3. The summed E-state index contributed by atoms with van der Waals surface area (Å²) in [6, 6.07) is 5.61. The summed E-state index contributed by atoms with van der Waals surface area (Å²) in [5, 5.41) is 10.1. The Labute approximate surface area is 120 Å². The van der Waals surface area contributed by atoms with Gasteiger partial charge in [-0.25, -0.2) is 4.98 Å². The number of aliphatic carboxylic acids is 1. The van der Waals surface area contributed by atoms with Gasteiger partial charge >= 0.3 is 5.97 Å². The van der Waals surface area contributed by atoms with Crippen LogP contribution in [0.2, 0.25) is 5.02 Å². The minimum Gasteiger partial charge on any atom is -0.481 e. The Kier molecular flexibility index (Phi) is 3.78. The second-order valence-electron chi connectivity index (χ2n) is 5.19. The van der Waals surface area contributed by atoms with Gasteiger partial charge in [-0.05, 0) is 32.9 Å². The predicted octanol–water partition coefficient (Wildman–Crippen LogP) is 3.62. The molecular formula is C13H15ClN2O2S. The molecule has 102 valence electrons. The molecule has 0 radical (unpaired) electrons. The molecule has 0 unspecified atom stereocenters. The van der Waals surface area contributed by atoms with Gasteiger partial charge in [-0.15, -0.1) is 0 Å². The number of carbonyl (C=O) groups is 1. The maximum absolute atomic E-state index is 10.7. The molecule has 19 heavy (non-hydrogen) atoms. The smallest absolute Gasteiger partial charge is 0.313 e. The van der Waals surface area contributed by atoms with Crippen molar-refractivity contribution < 1.29 is 9.90 Å². The van der Waals surface area contributed by atoms with Gasteiger partial charge in [-0.3, -0.25) is 4.79 Å². The van der Waals surface area contributed by atoms with E-state index in [0.717, 1.165) is 5.52 Å². The van der Waals surface area contributed by atoms with Crippen LogP contribution >= 0.6 is 23.4 Å². The van der Waals surface area contributed by atoms with Gasteiger partial charge in [0.15, 0.2) is 5.16 Å². The van der Waals surface area contributed by atoms with Gasteiger partial charge in [0.05, 0.1) is 16.3 Å². The predicted molar refractivity (Wildman–Crippen MR) is 78.1 cm³/mol. The summed E-state index contributed by atoms with van der Waals surface area (Å²) in [7, 11) is 0. The lowest BCUT2D eigenvalue weighted by Crippen LogP contribution is -2.22. The van der Waals surface area contributed by atoms with Crippen LogP contribution in [-0.4, -0.2) is 26.4 Å². The topological polar surface area (TPSA) is 55.1 Å². The van der Waals surface area contributed by atoms with Gasteiger partial charge in [0.2, 0.25) is 0 Å². The SMILES string of the molecule is CC(C)(C)n1c(SCC(=O)O)nc2c(Cl)cccc21. The number of nitrogens with zero attached hydrogens (tertiary/aromatic N) is 2. The zero-order valence-corrected chi connectivity index (χ0v) is 12.5. The molecule has 0 fully saturated rings. The van der Waals surface area contributed by atoms with Crippen molar-refractivity contribution in [2.75, 3.05) is 5.75 Å². The lowest BCUT2D eigenvalue weighted by molar-refractivity contribution is -0.133. The van der Waals surface area contributed by atoms with Crippen molar-refractivity contribution >= 4 is 40.4 Å². The summed E-state index contributed by atoms with van der Waals surface area (Å²) in [6.07, 6.45) is 0. The van der Waals surface area contributed by atoms with Crippen molar-refractivity contribution in [2.24, 2.45) is 0 Å². The monoisotopic (exact) mass is 298 g/mol. The Morgan fingerprint density at radius 1 is 1.47 bits per heavy atom. The summed E-state index contributed by atoms with van der Waals surface area (Å²) in [4.78, 5) is 15.2. The number of rotatable bonds is 3. The second-order valence-corrected chi connectivity index (χ2v) is 6.54. The van der Waals surface area contributed by atoms with Gasteiger partial charge < -0.3 is 9.67 Å². The zero-order valence-electron chi connectivity index (χ0n) is 11.0. The molecule has 4 nitrogen and oxygen atoms in total. The first kappa shape index (κ1) is 14.2. The fourth-order valence-corrected chi connectivity index (χ4v) is 3.04. The maximum atomic E-state index is 10.7. The molecule has 0 atom stereocenters. The van der Waals surface area contributed by atoms with E-state index in [9.17, 15) is 4.79 Å². The highest BCUT2D eigenvalue weighted by molar-refractivity contribution is 7.99. The van der Waals surface area contributed by atoms with Crippen LogP contribution in [0.5, 0.6) is 0 Å². The summed E-state index contributed by atoms with van der Waals surface area (Å²) in [5.41, 5.74) is 1.44. The van der Waals surface area contributed by atoms with Gasteiger partial charge in [0.25, 0.3) is 0 Å². The van der Waals surface area contributed by atoms with Crippen LogP contribution in [0.25, 0.3) is 11.0 Å². The highest BCUT2D eigenvalue weighted by atomic mass is 35.5. The molecule has 0 bridgehead atoms. The summed E-state index contributed by atoms with van der Waals surface area (Å²) < 4.78 is 2.03. The van der Waals surface area contributed by atoms with E-state index >= 15 is 0 Å². The van der Waals surface area contributed by atoms with E-state index in [4.69, 9.17) is 16.7 Å². The minimum absolute atomic E-state index is 0.0168. The number of imidazole rings is 1. The Hall–Kier alpha value is -1.20. The van der Waals surface area contributed by atoms with Gasteiger partial charge in [0, 0.05) is 5.54 Å². The third kappa shape index (κ3) is 2.87. The van der Waals surface area contributed by atoms with E-state index in [-0.39, 0.29) is 11.3 Å². The molecule has 2 rings (SSSR count). The number of benzene rings is 1. The first-order valence-electron chi connectivity index (χ1n) is 5.83. The van der Waals surface area contributed by atoms with E-state index in [1.807, 2.05) is 16.7 Å². The molecule has 1 aromatic heterocycles. The van der Waals surface area contributed by atoms with E-state index in [0.29, 0.717) is 15.7 Å². The average molecular weight is 299 g/mol. The first-order chi connectivity index (χ1) is 8.80. The van der Waals surface area contributed by atoms with E-state index in [2.05, 4.69) is 25.8 Å². The number of aromatic nitrogens is 2. The van der Waals surface area contributed by atoms with E-state index in [1.165, 1.54) is 11.8 Å². The Morgan fingerprint density at radius 3 is 2.74 bits per heavy atom. The Morgan fingerprint density at radius 2 is 2.16 bits per heavy atom. The number of carboxylic acids is 1. The molecule has 2 aromatic rings. The van der Waals surface area contributed by atoms with Crippen molar-refractivity contribution in [1.82, 2.24) is 9.55 Å². The number of hydrogen-bond donors (Lipinski definition) is 1. The molecule has 0 amide bonds. The number of carboxylic acid groups (broad SMARTS) is 1. The zero-order chi connectivity index (χ0) is 14.2. The number of thioether (sulfide) groups is 1. The van der Waals surface area contributed by atoms with Crippen molar-refractivity contribution in [3.8, 4) is 0 Å². The largest absolute Gasteiger partial charge is 0.481 e. The van der Waals surface area contributed by atoms with Crippen LogP contribution in [0.1, 0.15) is 20.8 Å². The van der Waals surface area contributed by atoms with Crippen LogP contribution < -0.4 is 0 Å². The van der Waals surface area contributed by atoms with Crippen LogP contribution in [0, 0.1) is 0 Å². The standard InChI is InChI=1S/C13H15ClN2O2S/c1-13(2,3)16-9-6-4-5-8(14)11(9)15-12(16)19-7-10(17)18/h4-6H,7H2,1-3H3,(H,17,18). The molecule has 0 aliphatic heterocycles. The molecule has 1 heterocycles. The van der Waals surface area contributed by atoms with Crippen molar-refractivity contribution in [2.45, 2.75) is 31.5 Å². The van der Waals surface area contributed by atoms with Crippen molar-refractivity contribution in [3.05, 3.63) is 23.2 Å². The normalized spacial score (nSPS) is 12.0. The molecule has 0 spiro atoms. The number of fused-ring (bicyclic) bond motifs is 1. The average Bonchev–Trinajstić information content (AvgIpc) is 2.66. The van der Waals surface area contributed by atoms with Crippen LogP contribution in [-0.2, 0) is 10.3 Å². The summed E-state index contributed by atoms with van der Waals surface area (Å²) >= 11 is 7.36. The highest BCUT2D eigenvalue weighted by Gasteiger charge is 2.23. The Bertz CT molecular complexity index is 631. The molecule has 0 saturated carbocycles. The molecule has 0 aliphatic carbocycles. The second kappa shape index (κ2) is 5.06. The van der Waals surface area contributed by atoms with Crippen molar-refractivity contribution in [1.29, 1.82) is 0 Å². The maximum Gasteiger partial charge on any atom is 0.313 e. The number of halogens is 1. The number of para-hydroxylation sites is 1. The molecule has 0 aliphatic rings.